The molecule has 0 heterocycles. The highest BCUT2D eigenvalue weighted by molar-refractivity contribution is 6.35. The number of aliphatic hydroxyl groups excluding tert-OH is 1. The Kier molecular flexibility index (Phi) is 5.27. The fraction of sp³-hybridized carbons (Fsp3) is 0.500. The quantitative estimate of drug-likeness (QED) is 0.797. The van der Waals surface area contributed by atoms with E-state index in [-0.39, 0.29) is 24.4 Å². The van der Waals surface area contributed by atoms with Crippen LogP contribution in [-0.4, -0.2) is 23.6 Å². The Hall–Kier alpha value is -0.810. The molecule has 2 rings (SSSR count). The molecule has 0 spiro atoms. The van der Waals surface area contributed by atoms with E-state index in [1.54, 1.807) is 18.2 Å². The second-order valence-electron chi connectivity index (χ2n) is 5.13. The Morgan fingerprint density at radius 2 is 2.20 bits per heavy atom. The lowest BCUT2D eigenvalue weighted by molar-refractivity contribution is -0.125. The molecule has 1 aromatic rings. The Morgan fingerprint density at radius 1 is 1.45 bits per heavy atom. The van der Waals surface area contributed by atoms with Crippen LogP contribution in [0.3, 0.4) is 0 Å². The minimum absolute atomic E-state index is 0.0775. The van der Waals surface area contributed by atoms with E-state index in [4.69, 9.17) is 28.9 Å². The van der Waals surface area contributed by atoms with Gasteiger partial charge in [0, 0.05) is 28.2 Å². The highest BCUT2D eigenvalue weighted by Gasteiger charge is 2.30. The second kappa shape index (κ2) is 6.76. The molecule has 0 saturated heterocycles. The van der Waals surface area contributed by atoms with Crippen molar-refractivity contribution in [3.8, 4) is 0 Å². The summed E-state index contributed by atoms with van der Waals surface area (Å²) in [6.45, 7) is 0.114. The maximum atomic E-state index is 12.0. The van der Waals surface area contributed by atoms with Crippen molar-refractivity contribution in [2.45, 2.75) is 31.4 Å². The lowest BCUT2D eigenvalue weighted by atomic mass is 10.0. The van der Waals surface area contributed by atoms with E-state index in [2.05, 4.69) is 5.32 Å². The van der Waals surface area contributed by atoms with E-state index in [9.17, 15) is 9.90 Å². The van der Waals surface area contributed by atoms with Crippen LogP contribution in [0.1, 0.15) is 30.9 Å². The lowest BCUT2D eigenvalue weighted by Gasteiger charge is -2.18. The first kappa shape index (κ1) is 15.6. The third kappa shape index (κ3) is 3.64. The number of nitrogens with one attached hydrogen (secondary N) is 1. The average Bonchev–Trinajstić information content (AvgIpc) is 2.82. The van der Waals surface area contributed by atoms with Gasteiger partial charge in [0.15, 0.2) is 0 Å². The Morgan fingerprint density at radius 3 is 2.80 bits per heavy atom. The van der Waals surface area contributed by atoms with Gasteiger partial charge in [-0.2, -0.15) is 0 Å². The maximum Gasteiger partial charge on any atom is 0.224 e. The van der Waals surface area contributed by atoms with Crippen molar-refractivity contribution in [3.63, 3.8) is 0 Å². The molecule has 0 radical (unpaired) electrons. The molecule has 1 saturated carbocycles. The fourth-order valence-electron chi connectivity index (χ4n) is 2.52. The summed E-state index contributed by atoms with van der Waals surface area (Å²) >= 11 is 11.8. The van der Waals surface area contributed by atoms with Crippen molar-refractivity contribution in [1.29, 1.82) is 0 Å². The number of benzene rings is 1. The molecule has 6 heteroatoms. The fourth-order valence-corrected chi connectivity index (χ4v) is 3.06. The summed E-state index contributed by atoms with van der Waals surface area (Å²) in [5, 5.41) is 13.7. The van der Waals surface area contributed by atoms with Gasteiger partial charge in [-0.25, -0.2) is 0 Å². The lowest BCUT2D eigenvalue weighted by Crippen LogP contribution is -2.40. The molecule has 0 aromatic heterocycles. The smallest absolute Gasteiger partial charge is 0.224 e. The standard InChI is InChI=1S/C14H18Cl2N2O2/c15-8-4-5-9(11(16)6-8)13(19)7-18-14(20)10-2-1-3-12(10)17/h4-6,10,12-13,19H,1-3,7,17H2,(H,18,20)/t10-,12+,13-/m0/s1. The maximum absolute atomic E-state index is 12.0. The number of aliphatic hydroxyl groups is 1. The number of carbonyl (C=O) groups is 1. The Labute approximate surface area is 128 Å². The van der Waals surface area contributed by atoms with E-state index in [1.807, 2.05) is 0 Å². The summed E-state index contributed by atoms with van der Waals surface area (Å²) in [4.78, 5) is 12.0. The third-order valence-corrected chi connectivity index (χ3v) is 4.26. The van der Waals surface area contributed by atoms with Crippen LogP contribution in [0, 0.1) is 5.92 Å². The molecule has 1 fully saturated rings. The average molecular weight is 317 g/mol. The largest absolute Gasteiger partial charge is 0.387 e. The van der Waals surface area contributed by atoms with Crippen molar-refractivity contribution in [2.75, 3.05) is 6.54 Å². The molecule has 1 aliphatic rings. The second-order valence-corrected chi connectivity index (χ2v) is 5.97. The van der Waals surface area contributed by atoms with Crippen LogP contribution in [-0.2, 0) is 4.79 Å². The van der Waals surface area contributed by atoms with Crippen LogP contribution in [0.15, 0.2) is 18.2 Å². The van der Waals surface area contributed by atoms with Crippen LogP contribution in [0.25, 0.3) is 0 Å². The molecule has 0 unspecified atom stereocenters. The number of rotatable bonds is 4. The molecule has 0 aliphatic heterocycles. The van der Waals surface area contributed by atoms with Crippen LogP contribution in [0.2, 0.25) is 10.0 Å². The van der Waals surface area contributed by atoms with E-state index < -0.39 is 6.10 Å². The van der Waals surface area contributed by atoms with Crippen molar-refractivity contribution in [1.82, 2.24) is 5.32 Å². The summed E-state index contributed by atoms with van der Waals surface area (Å²) in [6.07, 6.45) is 1.81. The van der Waals surface area contributed by atoms with Crippen LogP contribution in [0.5, 0.6) is 0 Å². The van der Waals surface area contributed by atoms with Crippen molar-refractivity contribution in [3.05, 3.63) is 33.8 Å². The molecule has 20 heavy (non-hydrogen) atoms. The van der Waals surface area contributed by atoms with Gasteiger partial charge in [-0.15, -0.1) is 0 Å². The van der Waals surface area contributed by atoms with Gasteiger partial charge in [0.2, 0.25) is 5.91 Å². The topological polar surface area (TPSA) is 75.4 Å². The SMILES string of the molecule is N[C@@H]1CCC[C@@H]1C(=O)NC[C@H](O)c1ccc(Cl)cc1Cl. The summed E-state index contributed by atoms with van der Waals surface area (Å²) < 4.78 is 0. The van der Waals surface area contributed by atoms with Gasteiger partial charge in [0.25, 0.3) is 0 Å². The first-order valence-corrected chi connectivity index (χ1v) is 7.41. The molecular formula is C14H18Cl2N2O2. The molecule has 110 valence electrons. The van der Waals surface area contributed by atoms with Gasteiger partial charge >= 0.3 is 0 Å². The van der Waals surface area contributed by atoms with E-state index >= 15 is 0 Å². The monoisotopic (exact) mass is 316 g/mol. The highest BCUT2D eigenvalue weighted by Crippen LogP contribution is 2.27. The number of halogens is 2. The molecule has 4 N–H and O–H groups in total. The molecule has 3 atom stereocenters. The van der Waals surface area contributed by atoms with Gasteiger partial charge in [-0.05, 0) is 25.0 Å². The van der Waals surface area contributed by atoms with Crippen LogP contribution >= 0.6 is 23.2 Å². The van der Waals surface area contributed by atoms with Crippen molar-refractivity contribution in [2.24, 2.45) is 11.7 Å². The van der Waals surface area contributed by atoms with Gasteiger partial charge < -0.3 is 16.2 Å². The van der Waals surface area contributed by atoms with E-state index in [0.717, 1.165) is 19.3 Å². The molecule has 1 aliphatic carbocycles. The predicted octanol–water partition coefficient (Wildman–Crippen LogP) is 2.27. The molecule has 0 bridgehead atoms. The summed E-state index contributed by atoms with van der Waals surface area (Å²) in [7, 11) is 0. The van der Waals surface area contributed by atoms with Crippen molar-refractivity contribution >= 4 is 29.1 Å². The third-order valence-electron chi connectivity index (χ3n) is 3.70. The Balaban J connectivity index is 1.91. The van der Waals surface area contributed by atoms with Gasteiger partial charge in [0.1, 0.15) is 0 Å². The minimum atomic E-state index is -0.860. The highest BCUT2D eigenvalue weighted by atomic mass is 35.5. The van der Waals surface area contributed by atoms with Gasteiger partial charge in [-0.1, -0.05) is 35.7 Å². The number of hydrogen-bond acceptors (Lipinski definition) is 3. The van der Waals surface area contributed by atoms with Crippen LogP contribution in [0.4, 0.5) is 0 Å². The normalized spacial score (nSPS) is 23.6. The zero-order valence-electron chi connectivity index (χ0n) is 11.0. The summed E-state index contributed by atoms with van der Waals surface area (Å²) in [6, 6.07) is 4.80. The van der Waals surface area contributed by atoms with Gasteiger partial charge in [0.05, 0.1) is 12.0 Å². The predicted molar refractivity (Wildman–Crippen MR) is 79.7 cm³/mol. The van der Waals surface area contributed by atoms with Gasteiger partial charge in [-0.3, -0.25) is 4.79 Å². The number of hydrogen-bond donors (Lipinski definition) is 3. The summed E-state index contributed by atoms with van der Waals surface area (Å²) in [5.74, 6) is -0.248. The minimum Gasteiger partial charge on any atom is -0.387 e. The van der Waals surface area contributed by atoms with Crippen molar-refractivity contribution < 1.29 is 9.90 Å². The molecule has 1 aromatic carbocycles. The Bertz CT molecular complexity index is 496. The first-order chi connectivity index (χ1) is 9.49. The zero-order chi connectivity index (χ0) is 14.7. The summed E-state index contributed by atoms with van der Waals surface area (Å²) in [5.41, 5.74) is 6.43. The first-order valence-electron chi connectivity index (χ1n) is 6.65. The number of nitrogens with two attached hydrogens (primary N) is 1. The number of carbonyl (C=O) groups excluding carboxylic acids is 1. The molecular weight excluding hydrogens is 299 g/mol. The number of amides is 1. The zero-order valence-corrected chi connectivity index (χ0v) is 12.5. The van der Waals surface area contributed by atoms with E-state index in [1.165, 1.54) is 0 Å². The van der Waals surface area contributed by atoms with E-state index in [0.29, 0.717) is 15.6 Å². The van der Waals surface area contributed by atoms with Crippen LogP contribution < -0.4 is 11.1 Å². The molecule has 4 nitrogen and oxygen atoms in total. The molecule has 1 amide bonds.